The van der Waals surface area contributed by atoms with Crippen molar-refractivity contribution in [2.75, 3.05) is 0 Å². The van der Waals surface area contributed by atoms with Crippen LogP contribution in [0, 0.1) is 11.8 Å². The van der Waals surface area contributed by atoms with E-state index in [1.807, 2.05) is 6.92 Å². The van der Waals surface area contributed by atoms with Gasteiger partial charge >= 0.3 is 0 Å². The summed E-state index contributed by atoms with van der Waals surface area (Å²) < 4.78 is 0. The monoisotopic (exact) mass is 172 g/mol. The summed E-state index contributed by atoms with van der Waals surface area (Å²) in [7, 11) is 0. The van der Waals surface area contributed by atoms with Crippen molar-refractivity contribution in [2.45, 2.75) is 51.7 Å². The molecule has 1 aliphatic carbocycles. The molecule has 1 unspecified atom stereocenters. The van der Waals surface area contributed by atoms with Gasteiger partial charge in [0.05, 0.1) is 0 Å². The summed E-state index contributed by atoms with van der Waals surface area (Å²) in [5, 5.41) is 18.2. The Kier molecular flexibility index (Phi) is 4.02. The first-order valence-corrected chi connectivity index (χ1v) is 5.11. The van der Waals surface area contributed by atoms with Gasteiger partial charge in [-0.3, -0.25) is 0 Å². The third-order valence-electron chi connectivity index (χ3n) is 3.11. The molecular formula is C10H20O2. The van der Waals surface area contributed by atoms with Crippen LogP contribution in [0.5, 0.6) is 0 Å². The maximum Gasteiger partial charge on any atom is 0.154 e. The van der Waals surface area contributed by atoms with E-state index in [-0.39, 0.29) is 5.92 Å². The predicted molar refractivity (Wildman–Crippen MR) is 48.6 cm³/mol. The molecule has 1 saturated carbocycles. The van der Waals surface area contributed by atoms with E-state index in [0.29, 0.717) is 5.92 Å². The number of hydrogen-bond donors (Lipinski definition) is 2. The Hall–Kier alpha value is -0.0800. The Morgan fingerprint density at radius 1 is 1.17 bits per heavy atom. The fourth-order valence-electron chi connectivity index (χ4n) is 2.35. The molecule has 0 bridgehead atoms. The molecule has 1 atom stereocenters. The maximum atomic E-state index is 9.12. The molecule has 1 rings (SSSR count). The fourth-order valence-corrected chi connectivity index (χ4v) is 2.35. The topological polar surface area (TPSA) is 40.5 Å². The van der Waals surface area contributed by atoms with Crippen LogP contribution in [0.4, 0.5) is 0 Å². The minimum Gasteiger partial charge on any atom is -0.368 e. The van der Waals surface area contributed by atoms with Crippen molar-refractivity contribution in [1.82, 2.24) is 0 Å². The van der Waals surface area contributed by atoms with Gasteiger partial charge in [0.25, 0.3) is 0 Å². The third kappa shape index (κ3) is 2.46. The highest BCUT2D eigenvalue weighted by Gasteiger charge is 2.26. The normalized spacial score (nSPS) is 23.0. The van der Waals surface area contributed by atoms with Crippen LogP contribution in [0.2, 0.25) is 0 Å². The van der Waals surface area contributed by atoms with Crippen molar-refractivity contribution in [3.63, 3.8) is 0 Å². The molecule has 1 aliphatic rings. The van der Waals surface area contributed by atoms with Gasteiger partial charge in [-0.1, -0.05) is 26.2 Å². The molecule has 0 saturated heterocycles. The number of aliphatic hydroxyl groups excluding tert-OH is 1. The maximum absolute atomic E-state index is 9.12. The van der Waals surface area contributed by atoms with Gasteiger partial charge in [0, 0.05) is 5.92 Å². The van der Waals surface area contributed by atoms with E-state index in [1.165, 1.54) is 32.1 Å². The summed E-state index contributed by atoms with van der Waals surface area (Å²) in [6.45, 7) is 2.04. The molecule has 0 heterocycles. The van der Waals surface area contributed by atoms with E-state index in [0.717, 1.165) is 6.42 Å². The zero-order valence-corrected chi connectivity index (χ0v) is 7.87. The van der Waals surface area contributed by atoms with Crippen LogP contribution >= 0.6 is 0 Å². The lowest BCUT2D eigenvalue weighted by molar-refractivity contribution is -0.105. The van der Waals surface area contributed by atoms with Gasteiger partial charge in [-0.2, -0.15) is 0 Å². The van der Waals surface area contributed by atoms with Crippen LogP contribution in [0.3, 0.4) is 0 Å². The Balaban J connectivity index is 2.40. The lowest BCUT2D eigenvalue weighted by atomic mass is 9.78. The lowest BCUT2D eigenvalue weighted by Gasteiger charge is -2.30. The Morgan fingerprint density at radius 3 is 2.17 bits per heavy atom. The molecular weight excluding hydrogens is 152 g/mol. The SMILES string of the molecule is CCC(C(O)O)C1CCCCC1. The summed E-state index contributed by atoms with van der Waals surface area (Å²) >= 11 is 0. The van der Waals surface area contributed by atoms with Crippen molar-refractivity contribution in [3.05, 3.63) is 0 Å². The molecule has 2 nitrogen and oxygen atoms in total. The van der Waals surface area contributed by atoms with Crippen LogP contribution < -0.4 is 0 Å². The van der Waals surface area contributed by atoms with Crippen LogP contribution in [-0.4, -0.2) is 16.5 Å². The number of hydrogen-bond acceptors (Lipinski definition) is 2. The summed E-state index contributed by atoms with van der Waals surface area (Å²) in [6, 6.07) is 0. The van der Waals surface area contributed by atoms with E-state index < -0.39 is 6.29 Å². The predicted octanol–water partition coefficient (Wildman–Crippen LogP) is 1.90. The Bertz CT molecular complexity index is 117. The molecule has 1 fully saturated rings. The van der Waals surface area contributed by atoms with E-state index >= 15 is 0 Å². The van der Waals surface area contributed by atoms with Crippen LogP contribution in [0.25, 0.3) is 0 Å². The zero-order valence-electron chi connectivity index (χ0n) is 7.87. The quantitative estimate of drug-likeness (QED) is 0.638. The molecule has 0 aliphatic heterocycles. The molecule has 0 aromatic carbocycles. The van der Waals surface area contributed by atoms with Gasteiger partial charge in [0.15, 0.2) is 6.29 Å². The largest absolute Gasteiger partial charge is 0.368 e. The lowest BCUT2D eigenvalue weighted by Crippen LogP contribution is -2.28. The summed E-state index contributed by atoms with van der Waals surface area (Å²) in [5.74, 6) is 0.675. The summed E-state index contributed by atoms with van der Waals surface area (Å²) in [4.78, 5) is 0. The van der Waals surface area contributed by atoms with Crippen molar-refractivity contribution in [2.24, 2.45) is 11.8 Å². The van der Waals surface area contributed by atoms with Gasteiger partial charge in [-0.25, -0.2) is 0 Å². The minimum absolute atomic E-state index is 0.116. The van der Waals surface area contributed by atoms with Gasteiger partial charge in [0.2, 0.25) is 0 Å². The molecule has 0 aromatic heterocycles. The second-order valence-corrected chi connectivity index (χ2v) is 3.88. The fraction of sp³-hybridized carbons (Fsp3) is 1.00. The highest BCUT2D eigenvalue weighted by atomic mass is 16.5. The minimum atomic E-state index is -1.10. The van der Waals surface area contributed by atoms with Crippen molar-refractivity contribution >= 4 is 0 Å². The third-order valence-corrected chi connectivity index (χ3v) is 3.11. The van der Waals surface area contributed by atoms with E-state index in [4.69, 9.17) is 10.2 Å². The van der Waals surface area contributed by atoms with Gasteiger partial charge in [-0.05, 0) is 25.2 Å². The molecule has 72 valence electrons. The van der Waals surface area contributed by atoms with Gasteiger partial charge < -0.3 is 10.2 Å². The molecule has 2 N–H and O–H groups in total. The average molecular weight is 172 g/mol. The van der Waals surface area contributed by atoms with E-state index in [9.17, 15) is 0 Å². The molecule has 0 aromatic rings. The number of rotatable bonds is 3. The summed E-state index contributed by atoms with van der Waals surface area (Å²) in [6.07, 6.45) is 6.04. The van der Waals surface area contributed by atoms with Crippen LogP contribution in [-0.2, 0) is 0 Å². The smallest absolute Gasteiger partial charge is 0.154 e. The highest BCUT2D eigenvalue weighted by Crippen LogP contribution is 2.32. The van der Waals surface area contributed by atoms with E-state index in [1.54, 1.807) is 0 Å². The second-order valence-electron chi connectivity index (χ2n) is 3.88. The molecule has 0 amide bonds. The van der Waals surface area contributed by atoms with Gasteiger partial charge in [-0.15, -0.1) is 0 Å². The first kappa shape index (κ1) is 10.0. The standard InChI is InChI=1S/C10H20O2/c1-2-9(10(11)12)8-6-4-3-5-7-8/h8-12H,2-7H2,1H3. The highest BCUT2D eigenvalue weighted by molar-refractivity contribution is 4.74. The van der Waals surface area contributed by atoms with Gasteiger partial charge in [0.1, 0.15) is 0 Å². The summed E-state index contributed by atoms with van der Waals surface area (Å²) in [5.41, 5.74) is 0. The van der Waals surface area contributed by atoms with E-state index in [2.05, 4.69) is 0 Å². The second kappa shape index (κ2) is 4.83. The molecule has 2 heteroatoms. The first-order chi connectivity index (χ1) is 5.75. The van der Waals surface area contributed by atoms with Crippen molar-refractivity contribution in [3.8, 4) is 0 Å². The zero-order chi connectivity index (χ0) is 8.97. The molecule has 0 spiro atoms. The molecule has 0 radical (unpaired) electrons. The van der Waals surface area contributed by atoms with Crippen LogP contribution in [0.1, 0.15) is 45.4 Å². The Morgan fingerprint density at radius 2 is 1.75 bits per heavy atom. The van der Waals surface area contributed by atoms with Crippen molar-refractivity contribution < 1.29 is 10.2 Å². The first-order valence-electron chi connectivity index (χ1n) is 5.11. The average Bonchev–Trinajstić information content (AvgIpc) is 2.07. The van der Waals surface area contributed by atoms with Crippen molar-refractivity contribution in [1.29, 1.82) is 0 Å². The van der Waals surface area contributed by atoms with Crippen LogP contribution in [0.15, 0.2) is 0 Å². The molecule has 12 heavy (non-hydrogen) atoms. The number of aliphatic hydroxyl groups is 2. The Labute approximate surface area is 74.6 Å².